The lowest BCUT2D eigenvalue weighted by atomic mass is 10.2. The Morgan fingerprint density at radius 1 is 1.15 bits per heavy atom. The average Bonchev–Trinajstić information content (AvgIpc) is 2.69. The van der Waals surface area contributed by atoms with Crippen molar-refractivity contribution in [1.29, 1.82) is 0 Å². The number of pyridine rings is 1. The number of aromatic nitrogens is 1. The number of piperidine rings is 1. The largest absolute Gasteiger partial charge is 0.494 e. The van der Waals surface area contributed by atoms with E-state index < -0.39 is 10.0 Å². The maximum Gasteiger partial charge on any atom is 0.244 e. The monoisotopic (exact) mass is 406 g/mol. The van der Waals surface area contributed by atoms with Crippen molar-refractivity contribution >= 4 is 21.8 Å². The molecular weight excluding hydrogens is 380 g/mol. The van der Waals surface area contributed by atoms with E-state index in [0.29, 0.717) is 19.7 Å². The van der Waals surface area contributed by atoms with Gasteiger partial charge in [0.25, 0.3) is 0 Å². The summed E-state index contributed by atoms with van der Waals surface area (Å²) in [7, 11) is -3.40. The van der Waals surface area contributed by atoms with Gasteiger partial charge in [0.15, 0.2) is 0 Å². The Kier molecular flexibility index (Phi) is 7.15. The predicted octanol–water partition coefficient (Wildman–Crippen LogP) is 4.13. The maximum atomic E-state index is 12.6. The van der Waals surface area contributed by atoms with Gasteiger partial charge in [-0.05, 0) is 56.0 Å². The molecular formula is C20H26N2O3S2. The lowest BCUT2D eigenvalue weighted by Crippen LogP contribution is -2.35. The van der Waals surface area contributed by atoms with E-state index in [1.807, 2.05) is 31.2 Å². The molecule has 5 nitrogen and oxygen atoms in total. The van der Waals surface area contributed by atoms with Crippen LogP contribution in [-0.2, 0) is 10.0 Å². The number of ether oxygens (including phenoxy) is 1. The first-order valence-electron chi connectivity index (χ1n) is 9.34. The topological polar surface area (TPSA) is 59.5 Å². The average molecular weight is 407 g/mol. The lowest BCUT2D eigenvalue weighted by Gasteiger charge is -2.25. The molecule has 2 heterocycles. The van der Waals surface area contributed by atoms with Gasteiger partial charge in [-0.2, -0.15) is 4.31 Å². The fraction of sp³-hybridized carbons (Fsp3) is 0.450. The summed E-state index contributed by atoms with van der Waals surface area (Å²) < 4.78 is 32.5. The van der Waals surface area contributed by atoms with E-state index in [1.165, 1.54) is 11.8 Å². The van der Waals surface area contributed by atoms with Gasteiger partial charge in [0, 0.05) is 25.0 Å². The highest BCUT2D eigenvalue weighted by Gasteiger charge is 2.26. The summed E-state index contributed by atoms with van der Waals surface area (Å²) in [5, 5.41) is 0.836. The summed E-state index contributed by atoms with van der Waals surface area (Å²) in [6, 6.07) is 11.5. The maximum absolute atomic E-state index is 12.6. The van der Waals surface area contributed by atoms with Gasteiger partial charge in [-0.3, -0.25) is 0 Å². The summed E-state index contributed by atoms with van der Waals surface area (Å²) in [6.45, 7) is 3.92. The summed E-state index contributed by atoms with van der Waals surface area (Å²) in [6.07, 6.45) is 5.35. The molecule has 0 N–H and O–H groups in total. The van der Waals surface area contributed by atoms with Crippen LogP contribution < -0.4 is 4.74 Å². The van der Waals surface area contributed by atoms with Crippen LogP contribution in [0.15, 0.2) is 52.5 Å². The van der Waals surface area contributed by atoms with E-state index in [9.17, 15) is 8.42 Å². The van der Waals surface area contributed by atoms with E-state index in [4.69, 9.17) is 4.74 Å². The molecule has 1 aliphatic rings. The highest BCUT2D eigenvalue weighted by Crippen LogP contribution is 2.23. The number of nitrogens with zero attached hydrogens (tertiary/aromatic N) is 2. The molecule has 0 aliphatic carbocycles. The number of hydrogen-bond donors (Lipinski definition) is 0. The normalized spacial score (nSPS) is 15.6. The van der Waals surface area contributed by atoms with Crippen molar-refractivity contribution in [3.8, 4) is 5.75 Å². The van der Waals surface area contributed by atoms with E-state index in [2.05, 4.69) is 4.98 Å². The van der Waals surface area contributed by atoms with Crippen LogP contribution in [-0.4, -0.2) is 43.2 Å². The first-order valence-corrected chi connectivity index (χ1v) is 11.8. The molecule has 0 unspecified atom stereocenters. The minimum absolute atomic E-state index is 0.288. The second kappa shape index (κ2) is 9.57. The van der Waals surface area contributed by atoms with Crippen molar-refractivity contribution in [3.05, 3.63) is 48.2 Å². The molecule has 1 fully saturated rings. The third kappa shape index (κ3) is 5.70. The molecule has 1 aromatic carbocycles. The first-order chi connectivity index (χ1) is 13.1. The number of sulfonamides is 1. The summed E-state index contributed by atoms with van der Waals surface area (Å²) in [4.78, 5) is 4.61. The quantitative estimate of drug-likeness (QED) is 0.487. The SMILES string of the molecule is Cc1cccc(OCCCSc2ccc(S(=O)(=O)N3CCCCC3)cn2)c1. The van der Waals surface area contributed by atoms with Crippen molar-refractivity contribution in [2.75, 3.05) is 25.4 Å². The molecule has 0 amide bonds. The zero-order valence-electron chi connectivity index (χ0n) is 15.6. The molecule has 1 aliphatic heterocycles. The van der Waals surface area contributed by atoms with Gasteiger partial charge in [-0.25, -0.2) is 13.4 Å². The van der Waals surface area contributed by atoms with Crippen molar-refractivity contribution in [1.82, 2.24) is 9.29 Å². The van der Waals surface area contributed by atoms with E-state index in [-0.39, 0.29) is 4.90 Å². The van der Waals surface area contributed by atoms with Crippen molar-refractivity contribution in [2.24, 2.45) is 0 Å². The van der Waals surface area contributed by atoms with Gasteiger partial charge in [-0.1, -0.05) is 18.6 Å². The Hall–Kier alpha value is -1.57. The molecule has 0 spiro atoms. The molecule has 0 atom stereocenters. The minimum Gasteiger partial charge on any atom is -0.494 e. The fourth-order valence-electron chi connectivity index (χ4n) is 2.99. The van der Waals surface area contributed by atoms with Gasteiger partial charge < -0.3 is 4.74 Å². The number of aryl methyl sites for hydroxylation is 1. The third-order valence-corrected chi connectivity index (χ3v) is 7.37. The van der Waals surface area contributed by atoms with Crippen LogP contribution >= 0.6 is 11.8 Å². The van der Waals surface area contributed by atoms with Gasteiger partial charge in [0.05, 0.1) is 11.6 Å². The van der Waals surface area contributed by atoms with Crippen molar-refractivity contribution in [2.45, 2.75) is 42.5 Å². The van der Waals surface area contributed by atoms with Crippen LogP contribution in [0.3, 0.4) is 0 Å². The third-order valence-electron chi connectivity index (χ3n) is 4.46. The first kappa shape index (κ1) is 20.2. The molecule has 146 valence electrons. The summed E-state index contributed by atoms with van der Waals surface area (Å²) in [5.41, 5.74) is 1.19. The Morgan fingerprint density at radius 3 is 2.67 bits per heavy atom. The minimum atomic E-state index is -3.40. The van der Waals surface area contributed by atoms with Crippen LogP contribution in [0.5, 0.6) is 5.75 Å². The molecule has 3 rings (SSSR count). The second-order valence-corrected chi connectivity index (χ2v) is 9.72. The van der Waals surface area contributed by atoms with E-state index in [1.54, 1.807) is 28.2 Å². The Balaban J connectivity index is 1.45. The molecule has 7 heteroatoms. The number of rotatable bonds is 8. The van der Waals surface area contributed by atoms with E-state index >= 15 is 0 Å². The zero-order valence-corrected chi connectivity index (χ0v) is 17.3. The molecule has 1 saturated heterocycles. The Labute approximate surface area is 166 Å². The predicted molar refractivity (Wildman–Crippen MR) is 109 cm³/mol. The van der Waals surface area contributed by atoms with Gasteiger partial charge >= 0.3 is 0 Å². The van der Waals surface area contributed by atoms with Crippen LogP contribution in [0.2, 0.25) is 0 Å². The number of benzene rings is 1. The number of thioether (sulfide) groups is 1. The second-order valence-electron chi connectivity index (χ2n) is 6.66. The standard InChI is InChI=1S/C20H26N2O3S2/c1-17-7-5-8-18(15-17)25-13-6-14-26-20-10-9-19(16-21-20)27(23,24)22-11-3-2-4-12-22/h5,7-10,15-16H,2-4,6,11-14H2,1H3. The molecule has 1 aromatic heterocycles. The van der Waals surface area contributed by atoms with Gasteiger partial charge in [0.2, 0.25) is 10.0 Å². The fourth-order valence-corrected chi connectivity index (χ4v) is 5.22. The van der Waals surface area contributed by atoms with E-state index in [0.717, 1.165) is 42.2 Å². The van der Waals surface area contributed by atoms with Crippen LogP contribution in [0.4, 0.5) is 0 Å². The molecule has 0 saturated carbocycles. The van der Waals surface area contributed by atoms with Crippen LogP contribution in [0, 0.1) is 6.92 Å². The van der Waals surface area contributed by atoms with Crippen molar-refractivity contribution in [3.63, 3.8) is 0 Å². The number of hydrogen-bond acceptors (Lipinski definition) is 5. The molecule has 0 bridgehead atoms. The zero-order chi connectivity index (χ0) is 19.1. The van der Waals surface area contributed by atoms with Crippen LogP contribution in [0.1, 0.15) is 31.2 Å². The van der Waals surface area contributed by atoms with Crippen LogP contribution in [0.25, 0.3) is 0 Å². The Morgan fingerprint density at radius 2 is 1.96 bits per heavy atom. The molecule has 2 aromatic rings. The van der Waals surface area contributed by atoms with Crippen molar-refractivity contribution < 1.29 is 13.2 Å². The van der Waals surface area contributed by atoms with Gasteiger partial charge in [-0.15, -0.1) is 11.8 Å². The highest BCUT2D eigenvalue weighted by atomic mass is 32.2. The Bertz CT molecular complexity index is 833. The smallest absolute Gasteiger partial charge is 0.244 e. The van der Waals surface area contributed by atoms with Gasteiger partial charge in [0.1, 0.15) is 10.6 Å². The lowest BCUT2D eigenvalue weighted by molar-refractivity contribution is 0.318. The highest BCUT2D eigenvalue weighted by molar-refractivity contribution is 7.99. The molecule has 27 heavy (non-hydrogen) atoms. The molecule has 0 radical (unpaired) electrons. The summed E-state index contributed by atoms with van der Waals surface area (Å²) >= 11 is 1.61. The summed E-state index contributed by atoms with van der Waals surface area (Å²) in [5.74, 6) is 1.77.